The van der Waals surface area contributed by atoms with Crippen molar-refractivity contribution in [2.24, 2.45) is 0 Å². The number of anilines is 1. The van der Waals surface area contributed by atoms with Crippen LogP contribution in [0.1, 0.15) is 16.9 Å². The number of H-pyrrole nitrogens is 1. The number of hydrogen-bond acceptors (Lipinski definition) is 4. The lowest BCUT2D eigenvalue weighted by Crippen LogP contribution is -2.33. The second-order valence-corrected chi connectivity index (χ2v) is 3.46. The Bertz CT molecular complexity index is 342. The number of nitrogen functional groups attached to an aromatic ring is 1. The topological polar surface area (TPSA) is 84.2 Å². The van der Waals surface area contributed by atoms with Crippen LogP contribution in [0.4, 0.5) is 5.82 Å². The molecule has 1 saturated heterocycles. The van der Waals surface area contributed by atoms with Crippen LogP contribution in [-0.2, 0) is 4.74 Å². The number of nitrogens with zero attached hydrogens (tertiary/aromatic N) is 2. The molecule has 1 aromatic rings. The SMILES string of the molecule is Nc1cc(C(=O)N2CCCOCC2)[nH]n1. The largest absolute Gasteiger partial charge is 0.382 e. The predicted octanol–water partition coefficient (Wildman–Crippen LogP) is -0.146. The molecule has 2 rings (SSSR count). The zero-order valence-corrected chi connectivity index (χ0v) is 8.40. The number of carbonyl (C=O) groups is 1. The van der Waals surface area contributed by atoms with Crippen LogP contribution in [0.2, 0.25) is 0 Å². The first-order valence-electron chi connectivity index (χ1n) is 4.95. The van der Waals surface area contributed by atoms with E-state index in [1.54, 1.807) is 11.0 Å². The van der Waals surface area contributed by atoms with E-state index >= 15 is 0 Å². The molecular formula is C9H14N4O2. The highest BCUT2D eigenvalue weighted by Gasteiger charge is 2.18. The fourth-order valence-electron chi connectivity index (χ4n) is 1.57. The molecule has 0 aromatic carbocycles. The van der Waals surface area contributed by atoms with Crippen molar-refractivity contribution in [3.63, 3.8) is 0 Å². The summed E-state index contributed by atoms with van der Waals surface area (Å²) in [6, 6.07) is 1.55. The van der Waals surface area contributed by atoms with Crippen molar-refractivity contribution in [2.75, 3.05) is 32.0 Å². The van der Waals surface area contributed by atoms with Crippen LogP contribution in [0.25, 0.3) is 0 Å². The first-order valence-corrected chi connectivity index (χ1v) is 4.95. The van der Waals surface area contributed by atoms with Crippen LogP contribution in [-0.4, -0.2) is 47.3 Å². The van der Waals surface area contributed by atoms with E-state index in [9.17, 15) is 4.79 Å². The van der Waals surface area contributed by atoms with Gasteiger partial charge in [0.15, 0.2) is 0 Å². The van der Waals surface area contributed by atoms with Crippen LogP contribution in [0.15, 0.2) is 6.07 Å². The van der Waals surface area contributed by atoms with E-state index in [4.69, 9.17) is 10.5 Å². The van der Waals surface area contributed by atoms with Gasteiger partial charge >= 0.3 is 0 Å². The van der Waals surface area contributed by atoms with Crippen LogP contribution in [0.3, 0.4) is 0 Å². The lowest BCUT2D eigenvalue weighted by Gasteiger charge is -2.18. The standard InChI is InChI=1S/C9H14N4O2/c10-8-6-7(11-12-8)9(14)13-2-1-4-15-5-3-13/h6H,1-5H2,(H3,10,11,12). The van der Waals surface area contributed by atoms with E-state index in [1.807, 2.05) is 0 Å². The summed E-state index contributed by atoms with van der Waals surface area (Å²) in [5.41, 5.74) is 5.88. The second kappa shape index (κ2) is 4.31. The molecule has 0 spiro atoms. The minimum Gasteiger partial charge on any atom is -0.382 e. The molecule has 15 heavy (non-hydrogen) atoms. The van der Waals surface area contributed by atoms with Crippen LogP contribution in [0.5, 0.6) is 0 Å². The average molecular weight is 210 g/mol. The molecule has 0 saturated carbocycles. The maximum atomic E-state index is 11.9. The summed E-state index contributed by atoms with van der Waals surface area (Å²) >= 11 is 0. The highest BCUT2D eigenvalue weighted by molar-refractivity contribution is 5.92. The van der Waals surface area contributed by atoms with Crippen molar-refractivity contribution < 1.29 is 9.53 Å². The number of aromatic amines is 1. The monoisotopic (exact) mass is 210 g/mol. The van der Waals surface area contributed by atoms with Crippen molar-refractivity contribution in [2.45, 2.75) is 6.42 Å². The molecule has 0 atom stereocenters. The molecule has 0 unspecified atom stereocenters. The Morgan fingerprint density at radius 3 is 3.13 bits per heavy atom. The first kappa shape index (κ1) is 9.97. The van der Waals surface area contributed by atoms with Crippen LogP contribution >= 0.6 is 0 Å². The zero-order chi connectivity index (χ0) is 10.7. The maximum Gasteiger partial charge on any atom is 0.272 e. The molecule has 1 amide bonds. The lowest BCUT2D eigenvalue weighted by molar-refractivity contribution is 0.0735. The van der Waals surface area contributed by atoms with Gasteiger partial charge in [-0.3, -0.25) is 9.89 Å². The molecule has 1 aliphatic rings. The Hall–Kier alpha value is -1.56. The summed E-state index contributed by atoms with van der Waals surface area (Å²) in [5, 5.41) is 6.35. The van der Waals surface area contributed by atoms with E-state index in [0.717, 1.165) is 19.6 Å². The highest BCUT2D eigenvalue weighted by atomic mass is 16.5. The number of amides is 1. The third-order valence-electron chi connectivity index (χ3n) is 2.34. The first-order chi connectivity index (χ1) is 7.27. The average Bonchev–Trinajstić information content (AvgIpc) is 2.53. The molecule has 0 radical (unpaired) electrons. The summed E-state index contributed by atoms with van der Waals surface area (Å²) < 4.78 is 5.27. The Morgan fingerprint density at radius 2 is 2.40 bits per heavy atom. The van der Waals surface area contributed by atoms with Gasteiger partial charge in [0.1, 0.15) is 11.5 Å². The van der Waals surface area contributed by atoms with E-state index in [-0.39, 0.29) is 5.91 Å². The van der Waals surface area contributed by atoms with E-state index in [1.165, 1.54) is 0 Å². The normalized spacial score (nSPS) is 17.5. The summed E-state index contributed by atoms with van der Waals surface area (Å²) in [4.78, 5) is 13.7. The van der Waals surface area contributed by atoms with Crippen LogP contribution < -0.4 is 5.73 Å². The van der Waals surface area contributed by atoms with E-state index < -0.39 is 0 Å². The molecule has 6 nitrogen and oxygen atoms in total. The van der Waals surface area contributed by atoms with Gasteiger partial charge in [-0.2, -0.15) is 5.10 Å². The number of hydrogen-bond donors (Lipinski definition) is 2. The minimum absolute atomic E-state index is 0.0651. The van der Waals surface area contributed by atoms with Crippen molar-refractivity contribution in [1.82, 2.24) is 15.1 Å². The number of nitrogens with one attached hydrogen (secondary N) is 1. The Morgan fingerprint density at radius 1 is 1.53 bits per heavy atom. The second-order valence-electron chi connectivity index (χ2n) is 3.46. The van der Waals surface area contributed by atoms with Gasteiger partial charge in [-0.1, -0.05) is 0 Å². The summed E-state index contributed by atoms with van der Waals surface area (Å²) in [6.45, 7) is 2.65. The molecule has 1 aromatic heterocycles. The quantitative estimate of drug-likeness (QED) is 0.675. The van der Waals surface area contributed by atoms with Gasteiger partial charge in [-0.05, 0) is 6.42 Å². The molecule has 0 bridgehead atoms. The van der Waals surface area contributed by atoms with Gasteiger partial charge in [-0.15, -0.1) is 0 Å². The lowest BCUT2D eigenvalue weighted by atomic mass is 10.3. The van der Waals surface area contributed by atoms with Crippen LogP contribution in [0, 0.1) is 0 Å². The molecule has 6 heteroatoms. The van der Waals surface area contributed by atoms with Gasteiger partial charge in [-0.25, -0.2) is 0 Å². The van der Waals surface area contributed by atoms with Gasteiger partial charge < -0.3 is 15.4 Å². The molecular weight excluding hydrogens is 196 g/mol. The maximum absolute atomic E-state index is 11.9. The van der Waals surface area contributed by atoms with E-state index in [0.29, 0.717) is 24.7 Å². The van der Waals surface area contributed by atoms with Crippen molar-refractivity contribution >= 4 is 11.7 Å². The number of aromatic nitrogens is 2. The minimum atomic E-state index is -0.0651. The number of carbonyl (C=O) groups excluding carboxylic acids is 1. The Balaban J connectivity index is 2.06. The molecule has 1 fully saturated rings. The summed E-state index contributed by atoms with van der Waals surface area (Å²) in [7, 11) is 0. The van der Waals surface area contributed by atoms with Gasteiger partial charge in [0.2, 0.25) is 0 Å². The van der Waals surface area contributed by atoms with Crippen molar-refractivity contribution in [1.29, 1.82) is 0 Å². The van der Waals surface area contributed by atoms with Gasteiger partial charge in [0.05, 0.1) is 6.61 Å². The van der Waals surface area contributed by atoms with E-state index in [2.05, 4.69) is 10.2 Å². The molecule has 0 aliphatic carbocycles. The highest BCUT2D eigenvalue weighted by Crippen LogP contribution is 2.07. The molecule has 82 valence electrons. The third-order valence-corrected chi connectivity index (χ3v) is 2.34. The fraction of sp³-hybridized carbons (Fsp3) is 0.556. The summed E-state index contributed by atoms with van der Waals surface area (Å²) in [5.74, 6) is 0.272. The summed E-state index contributed by atoms with van der Waals surface area (Å²) in [6.07, 6.45) is 0.870. The fourth-order valence-corrected chi connectivity index (χ4v) is 1.57. The molecule has 1 aliphatic heterocycles. The third kappa shape index (κ3) is 2.27. The predicted molar refractivity (Wildman–Crippen MR) is 54.3 cm³/mol. The number of rotatable bonds is 1. The molecule has 3 N–H and O–H groups in total. The number of ether oxygens (including phenoxy) is 1. The Kier molecular flexibility index (Phi) is 2.86. The number of nitrogens with two attached hydrogens (primary N) is 1. The Labute approximate surface area is 87.4 Å². The molecule has 2 heterocycles. The van der Waals surface area contributed by atoms with Crippen molar-refractivity contribution in [3.05, 3.63) is 11.8 Å². The van der Waals surface area contributed by atoms with Gasteiger partial charge in [0, 0.05) is 25.8 Å². The van der Waals surface area contributed by atoms with Crippen molar-refractivity contribution in [3.8, 4) is 0 Å². The zero-order valence-electron chi connectivity index (χ0n) is 8.40. The smallest absolute Gasteiger partial charge is 0.272 e. The van der Waals surface area contributed by atoms with Gasteiger partial charge in [0.25, 0.3) is 5.91 Å².